The molecule has 0 aliphatic heterocycles. The maximum absolute atomic E-state index is 13.0. The molecule has 0 unspecified atom stereocenters. The molecule has 1 aliphatic carbocycles. The molecule has 1 aromatic heterocycles. The summed E-state index contributed by atoms with van der Waals surface area (Å²) < 4.78 is 37.9. The second-order valence-corrected chi connectivity index (χ2v) is 9.31. The molecule has 10 heteroatoms. The summed E-state index contributed by atoms with van der Waals surface area (Å²) >= 11 is 7.29. The van der Waals surface area contributed by atoms with Crippen molar-refractivity contribution in [3.8, 4) is 0 Å². The Balaban J connectivity index is 2.05. The maximum atomic E-state index is 13.0. The third kappa shape index (κ3) is 3.87. The van der Waals surface area contributed by atoms with Crippen LogP contribution >= 0.6 is 22.9 Å². The van der Waals surface area contributed by atoms with Crippen LogP contribution in [0.5, 0.6) is 0 Å². The molecule has 0 radical (unpaired) electrons. The van der Waals surface area contributed by atoms with Gasteiger partial charge in [0.2, 0.25) is 0 Å². The number of thiophene rings is 1. The fourth-order valence-electron chi connectivity index (χ4n) is 3.09. The first-order valence-corrected chi connectivity index (χ1v) is 11.1. The van der Waals surface area contributed by atoms with Gasteiger partial charge in [-0.05, 0) is 49.4 Å². The number of rotatable bonds is 5. The predicted molar refractivity (Wildman–Crippen MR) is 106 cm³/mol. The number of nitrogens with one attached hydrogen (secondary N) is 1. The van der Waals surface area contributed by atoms with E-state index in [1.807, 2.05) is 0 Å². The van der Waals surface area contributed by atoms with Gasteiger partial charge in [0.05, 0.1) is 30.4 Å². The summed E-state index contributed by atoms with van der Waals surface area (Å²) in [5.74, 6) is -1.28. The summed E-state index contributed by atoms with van der Waals surface area (Å²) in [7, 11) is -1.71. The molecule has 1 aliphatic rings. The lowest BCUT2D eigenvalue weighted by Crippen LogP contribution is -2.16. The Bertz CT molecular complexity index is 1040. The maximum Gasteiger partial charge on any atom is 0.341 e. The van der Waals surface area contributed by atoms with Crippen LogP contribution in [0.1, 0.15) is 44.0 Å². The molecule has 0 atom stereocenters. The summed E-state index contributed by atoms with van der Waals surface area (Å²) in [6.07, 6.45) is 3.38. The monoisotopic (exact) mass is 443 g/mol. The minimum atomic E-state index is -4.16. The lowest BCUT2D eigenvalue weighted by Gasteiger charge is -2.12. The third-order valence-corrected chi connectivity index (χ3v) is 7.60. The van der Waals surface area contributed by atoms with E-state index < -0.39 is 22.0 Å². The first-order valence-electron chi connectivity index (χ1n) is 8.42. The average Bonchev–Trinajstić information content (AvgIpc) is 3.03. The van der Waals surface area contributed by atoms with E-state index in [1.165, 1.54) is 37.7 Å². The smallest absolute Gasteiger partial charge is 0.341 e. The van der Waals surface area contributed by atoms with Gasteiger partial charge in [0.25, 0.3) is 10.0 Å². The highest BCUT2D eigenvalue weighted by atomic mass is 35.5. The number of carbonyl (C=O) groups excluding carboxylic acids is 2. The van der Waals surface area contributed by atoms with Gasteiger partial charge in [0, 0.05) is 4.88 Å². The minimum absolute atomic E-state index is 0.0472. The predicted octanol–water partition coefficient (Wildman–Crippen LogP) is 3.65. The molecule has 0 bridgehead atoms. The standard InChI is InChI=1S/C18H18ClNO6S2/c1-25-17(21)10-7-8-12(19)14(9-10)28(23,24)20-16-15(18(22)26-2)11-5-3-4-6-13(11)27-16/h7-9,20H,3-6H2,1-2H3. The third-order valence-electron chi connectivity index (χ3n) is 4.43. The summed E-state index contributed by atoms with van der Waals surface area (Å²) in [4.78, 5) is 24.7. The van der Waals surface area contributed by atoms with Crippen LogP contribution in [-0.4, -0.2) is 34.6 Å². The molecule has 2 aromatic rings. The number of benzene rings is 1. The Morgan fingerprint density at radius 2 is 1.79 bits per heavy atom. The SMILES string of the molecule is COC(=O)c1ccc(Cl)c(S(=O)(=O)Nc2sc3c(c2C(=O)OC)CCCC3)c1. The van der Waals surface area contributed by atoms with Gasteiger partial charge in [0.15, 0.2) is 0 Å². The van der Waals surface area contributed by atoms with Crippen molar-refractivity contribution in [1.29, 1.82) is 0 Å². The number of sulfonamides is 1. The van der Waals surface area contributed by atoms with Crippen LogP contribution in [0.15, 0.2) is 23.1 Å². The molecule has 1 heterocycles. The van der Waals surface area contributed by atoms with E-state index >= 15 is 0 Å². The van der Waals surface area contributed by atoms with Gasteiger partial charge >= 0.3 is 11.9 Å². The summed E-state index contributed by atoms with van der Waals surface area (Å²) in [5.41, 5.74) is 1.12. The van der Waals surface area contributed by atoms with E-state index in [4.69, 9.17) is 16.3 Å². The molecular formula is C18H18ClNO6S2. The van der Waals surface area contributed by atoms with Crippen molar-refractivity contribution in [2.75, 3.05) is 18.9 Å². The van der Waals surface area contributed by atoms with Crippen molar-refractivity contribution in [3.05, 3.63) is 44.8 Å². The Morgan fingerprint density at radius 1 is 1.11 bits per heavy atom. The molecule has 7 nitrogen and oxygen atoms in total. The topological polar surface area (TPSA) is 98.8 Å². The molecule has 0 fully saturated rings. The van der Waals surface area contributed by atoms with Gasteiger partial charge in [0.1, 0.15) is 9.90 Å². The summed E-state index contributed by atoms with van der Waals surface area (Å²) in [6, 6.07) is 3.82. The Morgan fingerprint density at radius 3 is 2.46 bits per heavy atom. The van der Waals surface area contributed by atoms with Crippen molar-refractivity contribution in [2.45, 2.75) is 30.6 Å². The van der Waals surface area contributed by atoms with E-state index in [2.05, 4.69) is 9.46 Å². The van der Waals surface area contributed by atoms with E-state index in [9.17, 15) is 18.0 Å². The number of ether oxygens (including phenoxy) is 2. The first kappa shape index (κ1) is 20.6. The van der Waals surface area contributed by atoms with E-state index in [0.717, 1.165) is 35.8 Å². The summed E-state index contributed by atoms with van der Waals surface area (Å²) in [6.45, 7) is 0. The molecule has 0 spiro atoms. The highest BCUT2D eigenvalue weighted by Gasteiger charge is 2.29. The zero-order chi connectivity index (χ0) is 20.5. The van der Waals surface area contributed by atoms with E-state index in [1.54, 1.807) is 0 Å². The molecule has 28 heavy (non-hydrogen) atoms. The number of aryl methyl sites for hydroxylation is 1. The Kier molecular flexibility index (Phi) is 5.97. The highest BCUT2D eigenvalue weighted by Crippen LogP contribution is 2.40. The highest BCUT2D eigenvalue weighted by molar-refractivity contribution is 7.93. The van der Waals surface area contributed by atoms with Crippen molar-refractivity contribution in [3.63, 3.8) is 0 Å². The number of hydrogen-bond acceptors (Lipinski definition) is 7. The molecule has 0 amide bonds. The van der Waals surface area contributed by atoms with Crippen LogP contribution in [0.25, 0.3) is 0 Å². The fraction of sp³-hybridized carbons (Fsp3) is 0.333. The fourth-order valence-corrected chi connectivity index (χ4v) is 6.20. The minimum Gasteiger partial charge on any atom is -0.465 e. The van der Waals surface area contributed by atoms with Gasteiger partial charge in [-0.15, -0.1) is 11.3 Å². The van der Waals surface area contributed by atoms with Crippen molar-refractivity contribution < 1.29 is 27.5 Å². The molecule has 1 aromatic carbocycles. The molecular weight excluding hydrogens is 426 g/mol. The van der Waals surface area contributed by atoms with Crippen LogP contribution in [0, 0.1) is 0 Å². The van der Waals surface area contributed by atoms with E-state index in [0.29, 0.717) is 6.42 Å². The zero-order valence-electron chi connectivity index (χ0n) is 15.2. The van der Waals surface area contributed by atoms with Crippen LogP contribution in [0.4, 0.5) is 5.00 Å². The van der Waals surface area contributed by atoms with Gasteiger partial charge in [-0.1, -0.05) is 11.6 Å². The van der Waals surface area contributed by atoms with Crippen molar-refractivity contribution in [1.82, 2.24) is 0 Å². The van der Waals surface area contributed by atoms with Crippen molar-refractivity contribution in [2.24, 2.45) is 0 Å². The van der Waals surface area contributed by atoms with E-state index in [-0.39, 0.29) is 26.0 Å². The van der Waals surface area contributed by atoms with Crippen LogP contribution in [0.3, 0.4) is 0 Å². The molecule has 0 saturated heterocycles. The Labute approximate surface area is 171 Å². The number of halogens is 1. The number of methoxy groups -OCH3 is 2. The number of carbonyl (C=O) groups is 2. The molecule has 150 valence electrons. The first-order chi connectivity index (χ1) is 13.3. The molecule has 3 rings (SSSR count). The van der Waals surface area contributed by atoms with Crippen molar-refractivity contribution >= 4 is 49.9 Å². The summed E-state index contributed by atoms with van der Waals surface area (Å²) in [5, 5.41) is 0.138. The van der Waals surface area contributed by atoms with Gasteiger partial charge < -0.3 is 9.47 Å². The van der Waals surface area contributed by atoms with Gasteiger partial charge in [-0.25, -0.2) is 18.0 Å². The number of anilines is 1. The average molecular weight is 444 g/mol. The van der Waals surface area contributed by atoms with Gasteiger partial charge in [-0.3, -0.25) is 4.72 Å². The normalized spacial score (nSPS) is 13.5. The largest absolute Gasteiger partial charge is 0.465 e. The number of hydrogen-bond donors (Lipinski definition) is 1. The molecule has 0 saturated carbocycles. The zero-order valence-corrected chi connectivity index (χ0v) is 17.6. The van der Waals surface area contributed by atoms with Gasteiger partial charge in [-0.2, -0.15) is 0 Å². The quantitative estimate of drug-likeness (QED) is 0.708. The second kappa shape index (κ2) is 8.10. The lowest BCUT2D eigenvalue weighted by molar-refractivity contribution is 0.0592. The number of esters is 2. The van der Waals surface area contributed by atoms with Crippen LogP contribution in [-0.2, 0) is 32.3 Å². The Hall–Kier alpha value is -2.10. The lowest BCUT2D eigenvalue weighted by atomic mass is 9.95. The van der Waals surface area contributed by atoms with Crippen LogP contribution in [0.2, 0.25) is 5.02 Å². The second-order valence-electron chi connectivity index (χ2n) is 6.15. The molecule has 1 N–H and O–H groups in total. The number of fused-ring (bicyclic) bond motifs is 1. The van der Waals surface area contributed by atoms with Crippen LogP contribution < -0.4 is 4.72 Å².